The minimum atomic E-state index is 0.0255. The van der Waals surface area contributed by atoms with Crippen LogP contribution in [-0.2, 0) is 4.79 Å². The highest BCUT2D eigenvalue weighted by Gasteiger charge is 2.32. The predicted octanol–water partition coefficient (Wildman–Crippen LogP) is 2.30. The van der Waals surface area contributed by atoms with Crippen molar-refractivity contribution in [3.8, 4) is 0 Å². The molecule has 1 atom stereocenters. The van der Waals surface area contributed by atoms with Crippen molar-refractivity contribution in [1.82, 2.24) is 10.2 Å². The molecule has 0 unspecified atom stereocenters. The van der Waals surface area contributed by atoms with E-state index in [9.17, 15) is 4.79 Å². The van der Waals surface area contributed by atoms with Gasteiger partial charge < -0.3 is 15.1 Å². The van der Waals surface area contributed by atoms with Crippen LogP contribution in [0.5, 0.6) is 0 Å². The van der Waals surface area contributed by atoms with Gasteiger partial charge in [-0.3, -0.25) is 4.79 Å². The first kappa shape index (κ1) is 13.0. The summed E-state index contributed by atoms with van der Waals surface area (Å²) in [5, 5.41) is 3.06. The number of rotatable bonds is 3. The molecular weight excluding hydrogens is 250 g/mol. The lowest BCUT2D eigenvalue weighted by Gasteiger charge is -2.45. The lowest BCUT2D eigenvalue weighted by Crippen LogP contribution is -2.56. The van der Waals surface area contributed by atoms with Gasteiger partial charge in [0.05, 0.1) is 0 Å². The molecule has 0 bridgehead atoms. The number of hydrogen-bond acceptors (Lipinski definition) is 3. The number of amides is 1. The van der Waals surface area contributed by atoms with Crippen molar-refractivity contribution in [3.05, 3.63) is 42.2 Å². The first-order valence-corrected chi connectivity index (χ1v) is 7.41. The fourth-order valence-corrected chi connectivity index (χ4v) is 3.08. The van der Waals surface area contributed by atoms with E-state index in [1.54, 1.807) is 6.08 Å². The molecule has 2 heterocycles. The zero-order valence-corrected chi connectivity index (χ0v) is 11.9. The third-order valence-electron chi connectivity index (χ3n) is 4.03. The van der Waals surface area contributed by atoms with Crippen LogP contribution in [0.3, 0.4) is 0 Å². The lowest BCUT2D eigenvalue weighted by atomic mass is 10.1. The highest BCUT2D eigenvalue weighted by molar-refractivity contribution is 5.90. The Morgan fingerprint density at radius 3 is 2.85 bits per heavy atom. The SMILES string of the molecule is CCN(C1=CC(=O)N[C@@H]2CCCCN12)c1ccccc1. The maximum Gasteiger partial charge on any atom is 0.249 e. The van der Waals surface area contributed by atoms with Crippen molar-refractivity contribution >= 4 is 11.6 Å². The zero-order valence-electron chi connectivity index (χ0n) is 11.9. The van der Waals surface area contributed by atoms with Crippen LogP contribution in [0.2, 0.25) is 0 Å². The molecule has 0 aromatic heterocycles. The second-order valence-corrected chi connectivity index (χ2v) is 5.30. The van der Waals surface area contributed by atoms with Crippen molar-refractivity contribution < 1.29 is 4.79 Å². The second kappa shape index (κ2) is 5.57. The monoisotopic (exact) mass is 271 g/mol. The van der Waals surface area contributed by atoms with Gasteiger partial charge in [-0.2, -0.15) is 0 Å². The Morgan fingerprint density at radius 2 is 2.10 bits per heavy atom. The number of fused-ring (bicyclic) bond motifs is 1. The molecule has 1 fully saturated rings. The van der Waals surface area contributed by atoms with Crippen molar-refractivity contribution in [2.45, 2.75) is 32.4 Å². The molecule has 1 aromatic rings. The first-order chi connectivity index (χ1) is 9.79. The van der Waals surface area contributed by atoms with Crippen LogP contribution in [0.1, 0.15) is 26.2 Å². The Labute approximate surface area is 120 Å². The number of nitrogens with zero attached hydrogens (tertiary/aromatic N) is 2. The maximum absolute atomic E-state index is 11.9. The summed E-state index contributed by atoms with van der Waals surface area (Å²) in [5.74, 6) is 1.06. The second-order valence-electron chi connectivity index (χ2n) is 5.30. The first-order valence-electron chi connectivity index (χ1n) is 7.41. The van der Waals surface area contributed by atoms with Gasteiger partial charge in [0.25, 0.3) is 0 Å². The number of nitrogens with one attached hydrogen (secondary N) is 1. The van der Waals surface area contributed by atoms with Crippen molar-refractivity contribution in [3.63, 3.8) is 0 Å². The number of carbonyl (C=O) groups excluding carboxylic acids is 1. The van der Waals surface area contributed by atoms with Crippen molar-refractivity contribution in [2.24, 2.45) is 0 Å². The van der Waals surface area contributed by atoms with Crippen LogP contribution in [0, 0.1) is 0 Å². The van der Waals surface area contributed by atoms with Gasteiger partial charge in [0, 0.05) is 24.9 Å². The molecular formula is C16H21N3O. The minimum absolute atomic E-state index is 0.0255. The molecule has 1 amide bonds. The molecule has 2 aliphatic heterocycles. The summed E-state index contributed by atoms with van der Waals surface area (Å²) in [6.07, 6.45) is 5.31. The molecule has 0 spiro atoms. The summed E-state index contributed by atoms with van der Waals surface area (Å²) in [4.78, 5) is 16.5. The van der Waals surface area contributed by atoms with Crippen LogP contribution >= 0.6 is 0 Å². The van der Waals surface area contributed by atoms with Crippen LogP contribution in [-0.4, -0.2) is 30.1 Å². The Morgan fingerprint density at radius 1 is 1.30 bits per heavy atom. The van der Waals surface area contributed by atoms with Gasteiger partial charge in [-0.25, -0.2) is 0 Å². The number of piperidine rings is 1. The summed E-state index contributed by atoms with van der Waals surface area (Å²) in [6, 6.07) is 10.3. The number of para-hydroxylation sites is 1. The zero-order chi connectivity index (χ0) is 13.9. The standard InChI is InChI=1S/C16H21N3O/c1-2-18(13-8-4-3-5-9-13)16-12-15(20)17-14-10-6-7-11-19(14)16/h3-5,8-9,12,14H,2,6-7,10-11H2,1H3,(H,17,20)/t14-/m0/s1. The minimum Gasteiger partial charge on any atom is -0.337 e. The van der Waals surface area contributed by atoms with Crippen molar-refractivity contribution in [2.75, 3.05) is 18.0 Å². The van der Waals surface area contributed by atoms with Gasteiger partial charge in [0.15, 0.2) is 0 Å². The van der Waals surface area contributed by atoms with Gasteiger partial charge in [-0.05, 0) is 38.3 Å². The topological polar surface area (TPSA) is 35.6 Å². The molecule has 0 radical (unpaired) electrons. The Bertz CT molecular complexity index is 512. The molecule has 4 nitrogen and oxygen atoms in total. The third-order valence-corrected chi connectivity index (χ3v) is 4.03. The molecule has 1 aromatic carbocycles. The number of carbonyl (C=O) groups is 1. The van der Waals surface area contributed by atoms with Crippen LogP contribution in [0.25, 0.3) is 0 Å². The van der Waals surface area contributed by atoms with Crippen LogP contribution in [0.15, 0.2) is 42.2 Å². The Kier molecular flexibility index (Phi) is 3.63. The summed E-state index contributed by atoms with van der Waals surface area (Å²) in [7, 11) is 0. The van der Waals surface area contributed by atoms with Gasteiger partial charge in [-0.1, -0.05) is 18.2 Å². The van der Waals surface area contributed by atoms with Crippen LogP contribution < -0.4 is 10.2 Å². The van der Waals surface area contributed by atoms with Crippen LogP contribution in [0.4, 0.5) is 5.69 Å². The van der Waals surface area contributed by atoms with E-state index < -0.39 is 0 Å². The smallest absolute Gasteiger partial charge is 0.249 e. The molecule has 106 valence electrons. The Balaban J connectivity index is 1.94. The summed E-state index contributed by atoms with van der Waals surface area (Å²) < 4.78 is 0. The van der Waals surface area contributed by atoms with Gasteiger partial charge in [-0.15, -0.1) is 0 Å². The van der Waals surface area contributed by atoms with E-state index in [0.29, 0.717) is 0 Å². The van der Waals surface area contributed by atoms with E-state index in [-0.39, 0.29) is 12.1 Å². The predicted molar refractivity (Wildman–Crippen MR) is 80.0 cm³/mol. The van der Waals surface area contributed by atoms with Gasteiger partial charge >= 0.3 is 0 Å². The molecule has 0 aliphatic carbocycles. The maximum atomic E-state index is 11.9. The number of hydrogen-bond donors (Lipinski definition) is 1. The lowest BCUT2D eigenvalue weighted by molar-refractivity contribution is -0.119. The average Bonchev–Trinajstić information content (AvgIpc) is 2.49. The number of anilines is 1. The molecule has 1 N–H and O–H groups in total. The molecule has 2 aliphatic rings. The highest BCUT2D eigenvalue weighted by atomic mass is 16.1. The molecule has 1 saturated heterocycles. The highest BCUT2D eigenvalue weighted by Crippen LogP contribution is 2.28. The fraction of sp³-hybridized carbons (Fsp3) is 0.438. The van der Waals surface area contributed by atoms with Gasteiger partial charge in [0.2, 0.25) is 5.91 Å². The average molecular weight is 271 g/mol. The van der Waals surface area contributed by atoms with E-state index in [0.717, 1.165) is 31.0 Å². The van der Waals surface area contributed by atoms with E-state index in [4.69, 9.17) is 0 Å². The molecule has 0 saturated carbocycles. The molecule has 20 heavy (non-hydrogen) atoms. The normalized spacial score (nSPS) is 21.9. The summed E-state index contributed by atoms with van der Waals surface area (Å²) >= 11 is 0. The van der Waals surface area contributed by atoms with E-state index in [1.165, 1.54) is 12.8 Å². The van der Waals surface area contributed by atoms with E-state index in [1.807, 2.05) is 18.2 Å². The van der Waals surface area contributed by atoms with E-state index >= 15 is 0 Å². The molecule has 4 heteroatoms. The quantitative estimate of drug-likeness (QED) is 0.916. The van der Waals surface area contributed by atoms with Crippen molar-refractivity contribution in [1.29, 1.82) is 0 Å². The number of benzene rings is 1. The summed E-state index contributed by atoms with van der Waals surface area (Å²) in [5.41, 5.74) is 1.14. The Hall–Kier alpha value is -1.97. The molecule has 3 rings (SSSR count). The third kappa shape index (κ3) is 2.38. The summed E-state index contributed by atoms with van der Waals surface area (Å²) in [6.45, 7) is 3.99. The van der Waals surface area contributed by atoms with Gasteiger partial charge in [0.1, 0.15) is 12.0 Å². The largest absolute Gasteiger partial charge is 0.337 e. The fourth-order valence-electron chi connectivity index (χ4n) is 3.08. The van der Waals surface area contributed by atoms with E-state index in [2.05, 4.69) is 34.2 Å².